The molecule has 0 heterocycles. The Morgan fingerprint density at radius 1 is 1.04 bits per heavy atom. The molecule has 134 valence electrons. The van der Waals surface area contributed by atoms with E-state index in [0.717, 1.165) is 6.26 Å². The van der Waals surface area contributed by atoms with Gasteiger partial charge in [0.15, 0.2) is 11.5 Å². The number of hydrogen-bond donors (Lipinski definition) is 2. The Hall–Kier alpha value is -2.74. The first kappa shape index (κ1) is 18.6. The minimum atomic E-state index is -3.34. The zero-order valence-corrected chi connectivity index (χ0v) is 15.0. The highest BCUT2D eigenvalue weighted by Crippen LogP contribution is 2.28. The number of carbonyl (C=O) groups is 1. The van der Waals surface area contributed by atoms with Crippen molar-refractivity contribution in [3.8, 4) is 11.5 Å². The lowest BCUT2D eigenvalue weighted by Gasteiger charge is -2.11. The van der Waals surface area contributed by atoms with Gasteiger partial charge in [-0.2, -0.15) is 0 Å². The van der Waals surface area contributed by atoms with Crippen molar-refractivity contribution in [2.75, 3.05) is 30.0 Å². The second-order valence-electron chi connectivity index (χ2n) is 5.20. The Labute approximate surface area is 147 Å². The van der Waals surface area contributed by atoms with Gasteiger partial charge in [-0.25, -0.2) is 8.42 Å². The lowest BCUT2D eigenvalue weighted by Crippen LogP contribution is -2.13. The van der Waals surface area contributed by atoms with E-state index in [1.807, 2.05) is 6.92 Å². The first-order valence-electron chi connectivity index (χ1n) is 7.52. The van der Waals surface area contributed by atoms with Gasteiger partial charge in [0.2, 0.25) is 10.0 Å². The van der Waals surface area contributed by atoms with Crippen LogP contribution in [-0.2, 0) is 10.0 Å². The van der Waals surface area contributed by atoms with Crippen molar-refractivity contribution in [1.82, 2.24) is 0 Å². The normalized spacial score (nSPS) is 10.8. The maximum atomic E-state index is 12.4. The molecule has 2 N–H and O–H groups in total. The van der Waals surface area contributed by atoms with Gasteiger partial charge in [-0.05, 0) is 49.4 Å². The average molecular weight is 364 g/mol. The van der Waals surface area contributed by atoms with Crippen LogP contribution in [0, 0.1) is 0 Å². The molecule has 7 nitrogen and oxygen atoms in total. The molecule has 0 aromatic heterocycles. The highest BCUT2D eigenvalue weighted by molar-refractivity contribution is 7.92. The summed E-state index contributed by atoms with van der Waals surface area (Å²) >= 11 is 0. The molecule has 2 aromatic rings. The minimum absolute atomic E-state index is 0.313. The quantitative estimate of drug-likeness (QED) is 0.788. The van der Waals surface area contributed by atoms with Crippen molar-refractivity contribution in [2.45, 2.75) is 6.92 Å². The highest BCUT2D eigenvalue weighted by atomic mass is 32.2. The molecule has 8 heteroatoms. The third-order valence-corrected chi connectivity index (χ3v) is 3.78. The SMILES string of the molecule is CCOc1cc(C(=O)Nc2ccc(NS(C)(=O)=O)cc2)ccc1OC. The number of nitrogens with one attached hydrogen (secondary N) is 2. The molecule has 0 saturated heterocycles. The summed E-state index contributed by atoms with van der Waals surface area (Å²) in [5.41, 5.74) is 1.38. The third-order valence-electron chi connectivity index (χ3n) is 3.17. The summed E-state index contributed by atoms with van der Waals surface area (Å²) in [6.07, 6.45) is 1.07. The highest BCUT2D eigenvalue weighted by Gasteiger charge is 2.11. The molecule has 0 radical (unpaired) electrons. The van der Waals surface area contributed by atoms with E-state index < -0.39 is 10.0 Å². The van der Waals surface area contributed by atoms with Crippen LogP contribution in [0.1, 0.15) is 17.3 Å². The summed E-state index contributed by atoms with van der Waals surface area (Å²) in [4.78, 5) is 12.4. The summed E-state index contributed by atoms with van der Waals surface area (Å²) in [7, 11) is -1.80. The van der Waals surface area contributed by atoms with Gasteiger partial charge in [0.05, 0.1) is 20.0 Å². The van der Waals surface area contributed by atoms with Crippen molar-refractivity contribution in [3.05, 3.63) is 48.0 Å². The fraction of sp³-hybridized carbons (Fsp3) is 0.235. The molecule has 0 unspecified atom stereocenters. The first-order chi connectivity index (χ1) is 11.8. The number of ether oxygens (including phenoxy) is 2. The lowest BCUT2D eigenvalue weighted by atomic mass is 10.1. The fourth-order valence-electron chi connectivity index (χ4n) is 2.13. The number of hydrogen-bond acceptors (Lipinski definition) is 5. The monoisotopic (exact) mass is 364 g/mol. The van der Waals surface area contributed by atoms with Gasteiger partial charge in [-0.3, -0.25) is 9.52 Å². The van der Waals surface area contributed by atoms with Crippen molar-refractivity contribution in [1.29, 1.82) is 0 Å². The topological polar surface area (TPSA) is 93.7 Å². The molecule has 0 bridgehead atoms. The Morgan fingerprint density at radius 3 is 2.24 bits per heavy atom. The Kier molecular flexibility index (Phi) is 5.87. The fourth-order valence-corrected chi connectivity index (χ4v) is 2.69. The summed E-state index contributed by atoms with van der Waals surface area (Å²) in [5, 5.41) is 2.74. The largest absolute Gasteiger partial charge is 0.493 e. The number of methoxy groups -OCH3 is 1. The van der Waals surface area contributed by atoms with Gasteiger partial charge in [-0.15, -0.1) is 0 Å². The Bertz CT molecular complexity index is 848. The van der Waals surface area contributed by atoms with Crippen LogP contribution in [0.4, 0.5) is 11.4 Å². The summed E-state index contributed by atoms with van der Waals surface area (Å²) < 4.78 is 35.4. The van der Waals surface area contributed by atoms with E-state index in [1.54, 1.807) is 42.5 Å². The van der Waals surface area contributed by atoms with E-state index in [9.17, 15) is 13.2 Å². The molecule has 1 amide bonds. The van der Waals surface area contributed by atoms with E-state index in [2.05, 4.69) is 10.0 Å². The zero-order valence-electron chi connectivity index (χ0n) is 14.2. The molecule has 25 heavy (non-hydrogen) atoms. The maximum Gasteiger partial charge on any atom is 0.255 e. The Morgan fingerprint density at radius 2 is 1.68 bits per heavy atom. The minimum Gasteiger partial charge on any atom is -0.493 e. The summed E-state index contributed by atoms with van der Waals surface area (Å²) in [6.45, 7) is 2.30. The average Bonchev–Trinajstić information content (AvgIpc) is 2.55. The second kappa shape index (κ2) is 7.89. The second-order valence-corrected chi connectivity index (χ2v) is 6.95. The molecular weight excluding hydrogens is 344 g/mol. The molecule has 0 aliphatic carbocycles. The van der Waals surface area contributed by atoms with Gasteiger partial charge in [0.25, 0.3) is 5.91 Å². The predicted octanol–water partition coefficient (Wildman–Crippen LogP) is 2.72. The summed E-state index contributed by atoms with van der Waals surface area (Å²) in [6, 6.07) is 11.3. The van der Waals surface area contributed by atoms with Crippen molar-refractivity contribution < 1.29 is 22.7 Å². The van der Waals surface area contributed by atoms with E-state index in [0.29, 0.717) is 35.0 Å². The van der Waals surface area contributed by atoms with E-state index in [4.69, 9.17) is 9.47 Å². The number of amides is 1. The van der Waals surface area contributed by atoms with Gasteiger partial charge in [-0.1, -0.05) is 0 Å². The van der Waals surface area contributed by atoms with Gasteiger partial charge in [0, 0.05) is 16.9 Å². The van der Waals surface area contributed by atoms with Gasteiger partial charge in [0.1, 0.15) is 0 Å². The van der Waals surface area contributed by atoms with Crippen LogP contribution in [0.15, 0.2) is 42.5 Å². The third kappa shape index (κ3) is 5.39. The molecule has 0 spiro atoms. The molecule has 2 rings (SSSR count). The standard InChI is InChI=1S/C17H20N2O5S/c1-4-24-16-11-12(5-10-15(16)23-2)17(20)18-13-6-8-14(9-7-13)19-25(3,21)22/h5-11,19H,4H2,1-3H3,(H,18,20). The van der Waals surface area contributed by atoms with E-state index in [1.165, 1.54) is 7.11 Å². The summed E-state index contributed by atoms with van der Waals surface area (Å²) in [5.74, 6) is 0.729. The first-order valence-corrected chi connectivity index (χ1v) is 9.41. The molecule has 0 atom stereocenters. The van der Waals surface area contributed by atoms with E-state index >= 15 is 0 Å². The van der Waals surface area contributed by atoms with Crippen LogP contribution < -0.4 is 19.5 Å². The number of rotatable bonds is 7. The molecule has 0 saturated carbocycles. The lowest BCUT2D eigenvalue weighted by molar-refractivity contribution is 0.102. The molecule has 0 aliphatic rings. The van der Waals surface area contributed by atoms with Crippen LogP contribution in [0.25, 0.3) is 0 Å². The maximum absolute atomic E-state index is 12.4. The van der Waals surface area contributed by atoms with Gasteiger partial charge >= 0.3 is 0 Å². The van der Waals surface area contributed by atoms with Gasteiger partial charge < -0.3 is 14.8 Å². The van der Waals surface area contributed by atoms with Crippen LogP contribution in [0.2, 0.25) is 0 Å². The van der Waals surface area contributed by atoms with E-state index in [-0.39, 0.29) is 5.91 Å². The van der Waals surface area contributed by atoms with Crippen molar-refractivity contribution in [2.24, 2.45) is 0 Å². The molecule has 2 aromatic carbocycles. The van der Waals surface area contributed by atoms with Crippen molar-refractivity contribution in [3.63, 3.8) is 0 Å². The van der Waals surface area contributed by atoms with Crippen LogP contribution in [0.3, 0.4) is 0 Å². The van der Waals surface area contributed by atoms with Crippen molar-refractivity contribution >= 4 is 27.3 Å². The number of carbonyl (C=O) groups excluding carboxylic acids is 1. The number of benzene rings is 2. The molecule has 0 fully saturated rings. The Balaban J connectivity index is 2.12. The zero-order chi connectivity index (χ0) is 18.4. The van der Waals surface area contributed by atoms with Crippen LogP contribution in [-0.4, -0.2) is 34.3 Å². The molecular formula is C17H20N2O5S. The predicted molar refractivity (Wildman–Crippen MR) is 97.0 cm³/mol. The smallest absolute Gasteiger partial charge is 0.255 e. The van der Waals surface area contributed by atoms with Crippen LogP contribution >= 0.6 is 0 Å². The number of anilines is 2. The van der Waals surface area contributed by atoms with Crippen LogP contribution in [0.5, 0.6) is 11.5 Å². The number of sulfonamides is 1. The molecule has 0 aliphatic heterocycles.